The fourth-order valence-corrected chi connectivity index (χ4v) is 4.30. The summed E-state index contributed by atoms with van der Waals surface area (Å²) in [6.45, 7) is 7.89. The largest absolute Gasteiger partial charge is 0.444 e. The van der Waals surface area contributed by atoms with Gasteiger partial charge >= 0.3 is 6.09 Å². The predicted octanol–water partition coefficient (Wildman–Crippen LogP) is 1.91. The Morgan fingerprint density at radius 2 is 1.74 bits per heavy atom. The number of piperidine rings is 1. The van der Waals surface area contributed by atoms with Crippen molar-refractivity contribution in [2.75, 3.05) is 32.7 Å². The Morgan fingerprint density at radius 1 is 1.06 bits per heavy atom. The predicted molar refractivity (Wildman–Crippen MR) is 127 cm³/mol. The highest BCUT2D eigenvalue weighted by Gasteiger charge is 2.37. The lowest BCUT2D eigenvalue weighted by Crippen LogP contribution is -2.45. The minimum Gasteiger partial charge on any atom is -0.444 e. The Morgan fingerprint density at radius 3 is 2.38 bits per heavy atom. The number of benzene rings is 1. The highest BCUT2D eigenvalue weighted by molar-refractivity contribution is 5.89. The number of likely N-dealkylation sites (tertiary alicyclic amines) is 2. The Bertz CT molecular complexity index is 875. The third-order valence-electron chi connectivity index (χ3n) is 6.09. The third kappa shape index (κ3) is 7.74. The van der Waals surface area contributed by atoms with Gasteiger partial charge in [0.1, 0.15) is 5.60 Å². The van der Waals surface area contributed by atoms with Crippen LogP contribution in [0.25, 0.3) is 0 Å². The highest BCUT2D eigenvalue weighted by Crippen LogP contribution is 2.25. The zero-order valence-electron chi connectivity index (χ0n) is 20.3. The van der Waals surface area contributed by atoms with Crippen molar-refractivity contribution in [2.24, 2.45) is 11.8 Å². The molecule has 2 aliphatic heterocycles. The number of amides is 4. The molecule has 4 amide bonds. The molecule has 1 aromatic carbocycles. The summed E-state index contributed by atoms with van der Waals surface area (Å²) in [5.74, 6) is -0.208. The number of nitrogens with zero attached hydrogens (tertiary/aromatic N) is 2. The summed E-state index contributed by atoms with van der Waals surface area (Å²) >= 11 is 0. The van der Waals surface area contributed by atoms with Gasteiger partial charge in [0.05, 0.1) is 12.5 Å². The van der Waals surface area contributed by atoms with E-state index in [0.29, 0.717) is 32.7 Å². The first-order valence-electron chi connectivity index (χ1n) is 11.9. The van der Waals surface area contributed by atoms with Gasteiger partial charge in [0, 0.05) is 39.1 Å². The Labute approximate surface area is 201 Å². The maximum atomic E-state index is 13.0. The second-order valence-electron chi connectivity index (χ2n) is 10.1. The van der Waals surface area contributed by atoms with E-state index >= 15 is 0 Å². The molecule has 1 unspecified atom stereocenters. The van der Waals surface area contributed by atoms with Gasteiger partial charge in [0.15, 0.2) is 0 Å². The molecule has 0 bridgehead atoms. The number of nitrogens with one attached hydrogen (secondary N) is 2. The first kappa shape index (κ1) is 25.5. The molecule has 0 spiro atoms. The van der Waals surface area contributed by atoms with Crippen LogP contribution in [-0.2, 0) is 25.7 Å². The summed E-state index contributed by atoms with van der Waals surface area (Å²) in [6.07, 6.45) is 1.23. The standard InChI is InChI=1S/C25H36N4O5/c1-25(2,3)34-24(33)27-15-21(30)26-14-18-9-11-28(12-10-18)23(32)20-13-22(31)29(17-20)16-19-7-5-4-6-8-19/h4-8,18,20H,9-17H2,1-3H3,(H,26,30)(H,27,33). The fraction of sp³-hybridized carbons (Fsp3) is 0.600. The molecule has 186 valence electrons. The Kier molecular flexibility index (Phi) is 8.52. The molecule has 0 aromatic heterocycles. The van der Waals surface area contributed by atoms with Gasteiger partial charge in [0.2, 0.25) is 17.7 Å². The molecule has 0 aliphatic carbocycles. The van der Waals surface area contributed by atoms with Crippen LogP contribution < -0.4 is 10.6 Å². The van der Waals surface area contributed by atoms with Gasteiger partial charge in [-0.15, -0.1) is 0 Å². The van der Waals surface area contributed by atoms with Gasteiger partial charge in [0.25, 0.3) is 0 Å². The summed E-state index contributed by atoms with van der Waals surface area (Å²) in [5, 5.41) is 5.29. The number of alkyl carbamates (subject to hydrolysis) is 1. The maximum Gasteiger partial charge on any atom is 0.408 e. The molecule has 9 nitrogen and oxygen atoms in total. The lowest BCUT2D eigenvalue weighted by molar-refractivity contribution is -0.137. The minimum atomic E-state index is -0.623. The average Bonchev–Trinajstić information content (AvgIpc) is 3.15. The molecule has 2 saturated heterocycles. The van der Waals surface area contributed by atoms with Gasteiger partial charge in [-0.1, -0.05) is 30.3 Å². The zero-order valence-corrected chi connectivity index (χ0v) is 20.3. The van der Waals surface area contributed by atoms with E-state index in [4.69, 9.17) is 4.74 Å². The van der Waals surface area contributed by atoms with Crippen LogP contribution >= 0.6 is 0 Å². The average molecular weight is 473 g/mol. The van der Waals surface area contributed by atoms with Crippen molar-refractivity contribution >= 4 is 23.8 Å². The van der Waals surface area contributed by atoms with Crippen LogP contribution in [0, 0.1) is 11.8 Å². The van der Waals surface area contributed by atoms with Crippen LogP contribution in [0.2, 0.25) is 0 Å². The molecule has 0 radical (unpaired) electrons. The maximum absolute atomic E-state index is 13.0. The normalized spacial score (nSPS) is 19.1. The van der Waals surface area contributed by atoms with Crippen molar-refractivity contribution in [1.82, 2.24) is 20.4 Å². The zero-order chi connectivity index (χ0) is 24.7. The number of rotatable bonds is 7. The van der Waals surface area contributed by atoms with E-state index < -0.39 is 11.7 Å². The van der Waals surface area contributed by atoms with Crippen LogP contribution in [0.1, 0.15) is 45.6 Å². The topological polar surface area (TPSA) is 108 Å². The van der Waals surface area contributed by atoms with Crippen LogP contribution in [0.15, 0.2) is 30.3 Å². The molecule has 3 rings (SSSR count). The lowest BCUT2D eigenvalue weighted by atomic mass is 9.95. The third-order valence-corrected chi connectivity index (χ3v) is 6.09. The van der Waals surface area contributed by atoms with Crippen LogP contribution in [0.5, 0.6) is 0 Å². The number of hydrogen-bond acceptors (Lipinski definition) is 5. The monoisotopic (exact) mass is 472 g/mol. The van der Waals surface area contributed by atoms with E-state index in [2.05, 4.69) is 10.6 Å². The van der Waals surface area contributed by atoms with Crippen molar-refractivity contribution in [2.45, 2.75) is 52.2 Å². The summed E-state index contributed by atoms with van der Waals surface area (Å²) in [4.78, 5) is 52.7. The van der Waals surface area contributed by atoms with E-state index in [1.165, 1.54) is 0 Å². The first-order chi connectivity index (χ1) is 16.1. The van der Waals surface area contributed by atoms with Crippen molar-refractivity contribution in [3.63, 3.8) is 0 Å². The lowest BCUT2D eigenvalue weighted by Gasteiger charge is -2.33. The molecule has 2 heterocycles. The molecular formula is C25H36N4O5. The number of carbonyl (C=O) groups excluding carboxylic acids is 4. The summed E-state index contributed by atoms with van der Waals surface area (Å²) in [5.41, 5.74) is 0.450. The van der Waals surface area contributed by atoms with Crippen molar-refractivity contribution < 1.29 is 23.9 Å². The molecule has 9 heteroatoms. The molecule has 1 aromatic rings. The summed E-state index contributed by atoms with van der Waals surface area (Å²) in [7, 11) is 0. The van der Waals surface area contributed by atoms with Crippen LogP contribution in [0.3, 0.4) is 0 Å². The summed E-state index contributed by atoms with van der Waals surface area (Å²) in [6, 6.07) is 9.81. The second kappa shape index (κ2) is 11.4. The van der Waals surface area contributed by atoms with Gasteiger partial charge < -0.3 is 25.2 Å². The molecule has 34 heavy (non-hydrogen) atoms. The SMILES string of the molecule is CC(C)(C)OC(=O)NCC(=O)NCC1CCN(C(=O)C2CC(=O)N(Cc3ccccc3)C2)CC1. The minimum absolute atomic E-state index is 0.0276. The van der Waals surface area contributed by atoms with Crippen LogP contribution in [0.4, 0.5) is 4.79 Å². The number of carbonyl (C=O) groups is 4. The summed E-state index contributed by atoms with van der Waals surface area (Å²) < 4.78 is 5.11. The van der Waals surface area contributed by atoms with Crippen molar-refractivity contribution in [3.05, 3.63) is 35.9 Å². The first-order valence-corrected chi connectivity index (χ1v) is 11.9. The van der Waals surface area contributed by atoms with E-state index in [0.717, 1.165) is 18.4 Å². The van der Waals surface area contributed by atoms with E-state index in [1.54, 1.807) is 25.7 Å². The van der Waals surface area contributed by atoms with Gasteiger partial charge in [-0.2, -0.15) is 0 Å². The second-order valence-corrected chi connectivity index (χ2v) is 10.1. The van der Waals surface area contributed by atoms with Crippen molar-refractivity contribution in [1.29, 1.82) is 0 Å². The molecule has 1 atom stereocenters. The molecule has 2 aliphatic rings. The molecule has 0 saturated carbocycles. The molecule has 2 N–H and O–H groups in total. The molecular weight excluding hydrogens is 436 g/mol. The Balaban J connectivity index is 1.35. The quantitative estimate of drug-likeness (QED) is 0.630. The van der Waals surface area contributed by atoms with E-state index in [1.807, 2.05) is 35.2 Å². The van der Waals surface area contributed by atoms with Gasteiger partial charge in [-0.05, 0) is 45.1 Å². The Hall–Kier alpha value is -3.10. The van der Waals surface area contributed by atoms with E-state index in [-0.39, 0.29) is 42.5 Å². The van der Waals surface area contributed by atoms with E-state index in [9.17, 15) is 19.2 Å². The van der Waals surface area contributed by atoms with Crippen LogP contribution in [-0.4, -0.2) is 71.9 Å². The smallest absolute Gasteiger partial charge is 0.408 e. The van der Waals surface area contributed by atoms with Gasteiger partial charge in [-0.25, -0.2) is 4.79 Å². The van der Waals surface area contributed by atoms with Crippen molar-refractivity contribution in [3.8, 4) is 0 Å². The fourth-order valence-electron chi connectivity index (χ4n) is 4.30. The number of ether oxygens (including phenoxy) is 1. The number of hydrogen-bond donors (Lipinski definition) is 2. The molecule has 2 fully saturated rings. The van der Waals surface area contributed by atoms with Gasteiger partial charge in [-0.3, -0.25) is 14.4 Å². The highest BCUT2D eigenvalue weighted by atomic mass is 16.6.